The number of rotatable bonds is 5. The van der Waals surface area contributed by atoms with Crippen LogP contribution in [0.25, 0.3) is 17.4 Å². The third-order valence-corrected chi connectivity index (χ3v) is 6.17. The number of aromatic carboxylic acids is 1. The molecule has 0 bridgehead atoms. The Morgan fingerprint density at radius 3 is 2.65 bits per heavy atom. The fourth-order valence-electron chi connectivity index (χ4n) is 3.27. The highest BCUT2D eigenvalue weighted by Crippen LogP contribution is 2.35. The van der Waals surface area contributed by atoms with Gasteiger partial charge in [-0.1, -0.05) is 41.9 Å². The molecule has 2 aromatic carbocycles. The number of carboxylic acid groups (broad SMARTS) is 1. The molecule has 0 spiro atoms. The van der Waals surface area contributed by atoms with Crippen LogP contribution in [0.5, 0.6) is 0 Å². The Hall–Kier alpha value is -3.29. The molecule has 31 heavy (non-hydrogen) atoms. The summed E-state index contributed by atoms with van der Waals surface area (Å²) in [7, 11) is 0. The van der Waals surface area contributed by atoms with Crippen molar-refractivity contribution in [3.8, 4) is 11.3 Å². The molecule has 156 valence electrons. The number of hydrogen-bond acceptors (Lipinski definition) is 5. The van der Waals surface area contributed by atoms with Gasteiger partial charge in [0, 0.05) is 16.7 Å². The molecule has 8 heteroatoms. The normalized spacial score (nSPS) is 15.2. The van der Waals surface area contributed by atoms with Crippen LogP contribution in [0.4, 0.5) is 4.79 Å². The van der Waals surface area contributed by atoms with Crippen LogP contribution in [0, 0.1) is 6.92 Å². The van der Waals surface area contributed by atoms with Gasteiger partial charge >= 0.3 is 5.97 Å². The third kappa shape index (κ3) is 4.15. The van der Waals surface area contributed by atoms with E-state index in [1.165, 1.54) is 12.1 Å². The summed E-state index contributed by atoms with van der Waals surface area (Å²) in [6.07, 6.45) is 1.51. The van der Waals surface area contributed by atoms with Gasteiger partial charge in [0.2, 0.25) is 0 Å². The van der Waals surface area contributed by atoms with E-state index in [1.54, 1.807) is 55.5 Å². The summed E-state index contributed by atoms with van der Waals surface area (Å²) < 4.78 is 5.82. The van der Waals surface area contributed by atoms with Crippen LogP contribution in [0.15, 0.2) is 63.9 Å². The first kappa shape index (κ1) is 21.0. The quantitative estimate of drug-likeness (QED) is 0.488. The molecule has 0 aliphatic carbocycles. The zero-order valence-corrected chi connectivity index (χ0v) is 17.9. The van der Waals surface area contributed by atoms with E-state index in [4.69, 9.17) is 16.0 Å². The smallest absolute Gasteiger partial charge is 0.335 e. The minimum Gasteiger partial charge on any atom is -0.478 e. The van der Waals surface area contributed by atoms with Crippen molar-refractivity contribution in [1.29, 1.82) is 0 Å². The van der Waals surface area contributed by atoms with Gasteiger partial charge in [-0.05, 0) is 54.1 Å². The number of halogens is 1. The number of thioether (sulfide) groups is 1. The second kappa shape index (κ2) is 8.45. The predicted octanol–water partition coefficient (Wildman–Crippen LogP) is 5.84. The largest absolute Gasteiger partial charge is 0.478 e. The number of amides is 2. The molecule has 2 amide bonds. The molecule has 1 fully saturated rings. The van der Waals surface area contributed by atoms with Crippen LogP contribution in [0.3, 0.4) is 0 Å². The van der Waals surface area contributed by atoms with Gasteiger partial charge < -0.3 is 9.52 Å². The number of imide groups is 1. The van der Waals surface area contributed by atoms with Crippen molar-refractivity contribution in [3.05, 3.63) is 87.0 Å². The van der Waals surface area contributed by atoms with Crippen molar-refractivity contribution < 1.29 is 23.9 Å². The average Bonchev–Trinajstić information content (AvgIpc) is 3.29. The van der Waals surface area contributed by atoms with Gasteiger partial charge in [0.25, 0.3) is 11.1 Å². The van der Waals surface area contributed by atoms with Crippen LogP contribution in [0.2, 0.25) is 5.02 Å². The predicted molar refractivity (Wildman–Crippen MR) is 119 cm³/mol. The van der Waals surface area contributed by atoms with Crippen molar-refractivity contribution in [1.82, 2.24) is 4.90 Å². The average molecular weight is 454 g/mol. The number of carboxylic acids is 1. The SMILES string of the molecule is Cc1c(C(=O)O)cccc1-c1ccc(/C=C2\SC(=O)N(Cc3ccccc3Cl)C2=O)o1. The number of hydrogen-bond donors (Lipinski definition) is 1. The molecular weight excluding hydrogens is 438 g/mol. The molecule has 1 saturated heterocycles. The zero-order valence-electron chi connectivity index (χ0n) is 16.3. The van der Waals surface area contributed by atoms with Crippen molar-refractivity contribution in [2.24, 2.45) is 0 Å². The van der Waals surface area contributed by atoms with E-state index in [9.17, 15) is 19.5 Å². The summed E-state index contributed by atoms with van der Waals surface area (Å²) in [4.78, 5) is 37.9. The number of nitrogens with zero attached hydrogens (tertiary/aromatic N) is 1. The van der Waals surface area contributed by atoms with Gasteiger partial charge in [-0.25, -0.2) is 4.79 Å². The lowest BCUT2D eigenvalue weighted by Crippen LogP contribution is -2.27. The third-order valence-electron chi connectivity index (χ3n) is 4.89. The number of furan rings is 1. The minimum atomic E-state index is -1.02. The Kier molecular flexibility index (Phi) is 5.71. The fourth-order valence-corrected chi connectivity index (χ4v) is 4.29. The van der Waals surface area contributed by atoms with E-state index in [0.717, 1.165) is 16.7 Å². The number of carbonyl (C=O) groups is 3. The summed E-state index contributed by atoms with van der Waals surface area (Å²) >= 11 is 6.98. The first-order chi connectivity index (χ1) is 14.8. The molecule has 4 rings (SSSR count). The molecule has 0 saturated carbocycles. The summed E-state index contributed by atoms with van der Waals surface area (Å²) in [6.45, 7) is 1.80. The molecule has 0 atom stereocenters. The van der Waals surface area contributed by atoms with Crippen LogP contribution in [-0.4, -0.2) is 27.1 Å². The maximum absolute atomic E-state index is 12.8. The van der Waals surface area contributed by atoms with Crippen LogP contribution in [-0.2, 0) is 11.3 Å². The first-order valence-corrected chi connectivity index (χ1v) is 10.5. The molecule has 0 unspecified atom stereocenters. The molecule has 1 aliphatic rings. The fraction of sp³-hybridized carbons (Fsp3) is 0.0870. The lowest BCUT2D eigenvalue weighted by Gasteiger charge is -2.13. The Bertz CT molecular complexity index is 1250. The van der Waals surface area contributed by atoms with Crippen molar-refractivity contribution in [2.45, 2.75) is 13.5 Å². The number of carbonyl (C=O) groups excluding carboxylic acids is 2. The van der Waals surface area contributed by atoms with Gasteiger partial charge in [0.1, 0.15) is 11.5 Å². The summed E-state index contributed by atoms with van der Waals surface area (Å²) in [5.41, 5.74) is 2.10. The van der Waals surface area contributed by atoms with E-state index in [0.29, 0.717) is 33.2 Å². The highest BCUT2D eigenvalue weighted by atomic mass is 35.5. The summed E-state index contributed by atoms with van der Waals surface area (Å²) in [5.74, 6) is -0.573. The zero-order chi connectivity index (χ0) is 22.1. The van der Waals surface area contributed by atoms with Gasteiger partial charge in [-0.2, -0.15) is 0 Å². The molecular formula is C23H16ClNO5S. The van der Waals surface area contributed by atoms with E-state index < -0.39 is 11.9 Å². The van der Waals surface area contributed by atoms with Gasteiger partial charge in [-0.3, -0.25) is 14.5 Å². The Labute approximate surface area is 187 Å². The minimum absolute atomic E-state index is 0.0895. The Balaban J connectivity index is 1.58. The summed E-state index contributed by atoms with van der Waals surface area (Å²) in [6, 6.07) is 15.4. The monoisotopic (exact) mass is 453 g/mol. The first-order valence-electron chi connectivity index (χ1n) is 9.27. The molecule has 1 aliphatic heterocycles. The maximum atomic E-state index is 12.8. The van der Waals surface area contributed by atoms with Gasteiger partial charge in [-0.15, -0.1) is 0 Å². The molecule has 0 radical (unpaired) electrons. The molecule has 6 nitrogen and oxygen atoms in total. The topological polar surface area (TPSA) is 87.8 Å². The van der Waals surface area contributed by atoms with Crippen molar-refractivity contribution in [3.63, 3.8) is 0 Å². The van der Waals surface area contributed by atoms with Crippen LogP contribution in [0.1, 0.15) is 27.2 Å². The highest BCUT2D eigenvalue weighted by molar-refractivity contribution is 8.18. The number of benzene rings is 2. The standard InChI is InChI=1S/C23H16ClNO5S/c1-13-16(6-4-7-17(13)22(27)28)19-10-9-15(30-19)11-20-21(26)25(23(29)31-20)12-14-5-2-3-8-18(14)24/h2-11H,12H2,1H3,(H,27,28)/b20-11-. The lowest BCUT2D eigenvalue weighted by atomic mass is 10.0. The van der Waals surface area contributed by atoms with Crippen molar-refractivity contribution in [2.75, 3.05) is 0 Å². The van der Waals surface area contributed by atoms with E-state index in [-0.39, 0.29) is 22.3 Å². The van der Waals surface area contributed by atoms with Gasteiger partial charge in [0.05, 0.1) is 17.0 Å². The van der Waals surface area contributed by atoms with Crippen LogP contribution < -0.4 is 0 Å². The summed E-state index contributed by atoms with van der Waals surface area (Å²) in [5, 5.41) is 9.41. The van der Waals surface area contributed by atoms with Crippen molar-refractivity contribution >= 4 is 46.6 Å². The van der Waals surface area contributed by atoms with E-state index in [1.807, 2.05) is 0 Å². The van der Waals surface area contributed by atoms with Gasteiger partial charge in [0.15, 0.2) is 0 Å². The lowest BCUT2D eigenvalue weighted by molar-refractivity contribution is -0.123. The Morgan fingerprint density at radius 1 is 1.13 bits per heavy atom. The molecule has 3 aromatic rings. The van der Waals surface area contributed by atoms with E-state index >= 15 is 0 Å². The molecule has 2 heterocycles. The second-order valence-electron chi connectivity index (χ2n) is 6.84. The molecule has 1 aromatic heterocycles. The van der Waals surface area contributed by atoms with E-state index in [2.05, 4.69) is 0 Å². The Morgan fingerprint density at radius 2 is 1.90 bits per heavy atom. The highest BCUT2D eigenvalue weighted by Gasteiger charge is 2.35. The van der Waals surface area contributed by atoms with Crippen LogP contribution >= 0.6 is 23.4 Å². The second-order valence-corrected chi connectivity index (χ2v) is 8.24. The molecule has 1 N–H and O–H groups in total. The maximum Gasteiger partial charge on any atom is 0.335 e.